The average Bonchev–Trinajstić information content (AvgIpc) is 2.82. The molecule has 8 heteroatoms. The van der Waals surface area contributed by atoms with Gasteiger partial charge in [-0.25, -0.2) is 9.97 Å². The number of hydrogen-bond donors (Lipinski definition) is 1. The van der Waals surface area contributed by atoms with Gasteiger partial charge in [-0.3, -0.25) is 14.2 Å². The highest BCUT2D eigenvalue weighted by Gasteiger charge is 2.18. The summed E-state index contributed by atoms with van der Waals surface area (Å²) in [6, 6.07) is 18.2. The van der Waals surface area contributed by atoms with Crippen molar-refractivity contribution in [3.63, 3.8) is 0 Å². The first-order chi connectivity index (χ1) is 15.5. The Morgan fingerprint density at radius 3 is 2.50 bits per heavy atom. The summed E-state index contributed by atoms with van der Waals surface area (Å²) in [4.78, 5) is 34.6. The molecule has 7 nitrogen and oxygen atoms in total. The van der Waals surface area contributed by atoms with Gasteiger partial charge in [-0.05, 0) is 53.9 Å². The van der Waals surface area contributed by atoms with E-state index in [1.165, 1.54) is 4.57 Å². The maximum Gasteiger partial charge on any atom is 0.284 e. The third-order valence-corrected chi connectivity index (χ3v) is 5.28. The van der Waals surface area contributed by atoms with Crippen molar-refractivity contribution in [2.45, 2.75) is 13.0 Å². The Labute approximate surface area is 189 Å². The summed E-state index contributed by atoms with van der Waals surface area (Å²) in [6.45, 7) is 0.620. The molecule has 0 aliphatic carbocycles. The third-order valence-electron chi connectivity index (χ3n) is 5.03. The van der Waals surface area contributed by atoms with Gasteiger partial charge >= 0.3 is 0 Å². The van der Waals surface area contributed by atoms with E-state index in [-0.39, 0.29) is 12.2 Å². The van der Waals surface area contributed by atoms with Crippen molar-refractivity contribution in [3.8, 4) is 5.75 Å². The van der Waals surface area contributed by atoms with Crippen molar-refractivity contribution in [2.75, 3.05) is 13.7 Å². The van der Waals surface area contributed by atoms with Crippen LogP contribution in [0.15, 0.2) is 71.7 Å². The number of methoxy groups -OCH3 is 1. The van der Waals surface area contributed by atoms with Crippen LogP contribution in [0.25, 0.3) is 11.2 Å². The fourth-order valence-corrected chi connectivity index (χ4v) is 3.47. The Morgan fingerprint density at radius 2 is 1.78 bits per heavy atom. The smallest absolute Gasteiger partial charge is 0.284 e. The summed E-state index contributed by atoms with van der Waals surface area (Å²) >= 11 is 5.90. The van der Waals surface area contributed by atoms with Crippen LogP contribution in [0.2, 0.25) is 5.02 Å². The minimum atomic E-state index is -0.516. The molecular formula is C24H21ClN4O3. The van der Waals surface area contributed by atoms with Gasteiger partial charge in [0.15, 0.2) is 11.3 Å². The predicted molar refractivity (Wildman–Crippen MR) is 123 cm³/mol. The summed E-state index contributed by atoms with van der Waals surface area (Å²) < 4.78 is 6.66. The van der Waals surface area contributed by atoms with Crippen LogP contribution in [-0.2, 0) is 13.0 Å². The first-order valence-corrected chi connectivity index (χ1v) is 10.4. The van der Waals surface area contributed by atoms with Crippen molar-refractivity contribution in [1.82, 2.24) is 19.9 Å². The number of hydrogen-bond acceptors (Lipinski definition) is 5. The fourth-order valence-electron chi connectivity index (χ4n) is 3.34. The lowest BCUT2D eigenvalue weighted by Crippen LogP contribution is -2.36. The molecule has 2 heterocycles. The zero-order valence-corrected chi connectivity index (χ0v) is 18.2. The molecule has 1 N–H and O–H groups in total. The van der Waals surface area contributed by atoms with Gasteiger partial charge in [0.25, 0.3) is 11.5 Å². The molecule has 2 aromatic heterocycles. The van der Waals surface area contributed by atoms with Gasteiger partial charge in [0.05, 0.1) is 13.7 Å². The number of pyridine rings is 1. The SMILES string of the molecule is COc1ccc(Cn2c(=O)c(C(=O)NCCc3ccc(Cl)cc3)nc3cccnc32)cc1. The number of halogens is 1. The second-order valence-corrected chi connectivity index (χ2v) is 7.61. The van der Waals surface area contributed by atoms with E-state index in [0.29, 0.717) is 29.2 Å². The minimum absolute atomic E-state index is 0.157. The number of benzene rings is 2. The van der Waals surface area contributed by atoms with Gasteiger partial charge in [0.2, 0.25) is 0 Å². The van der Waals surface area contributed by atoms with E-state index in [2.05, 4.69) is 15.3 Å². The summed E-state index contributed by atoms with van der Waals surface area (Å²) in [6.07, 6.45) is 2.21. The standard InChI is InChI=1S/C24H21ClN4O3/c1-32-19-10-6-17(7-11-19)15-29-22-20(3-2-13-26-22)28-21(24(29)31)23(30)27-14-12-16-4-8-18(25)9-5-16/h2-11,13H,12,14-15H2,1H3,(H,27,30). The largest absolute Gasteiger partial charge is 0.497 e. The normalized spacial score (nSPS) is 10.8. The monoisotopic (exact) mass is 448 g/mol. The zero-order chi connectivity index (χ0) is 22.5. The van der Waals surface area contributed by atoms with E-state index in [0.717, 1.165) is 16.9 Å². The van der Waals surface area contributed by atoms with Crippen LogP contribution in [0.5, 0.6) is 5.75 Å². The second kappa shape index (κ2) is 9.62. The highest BCUT2D eigenvalue weighted by Crippen LogP contribution is 2.14. The Hall–Kier alpha value is -3.71. The van der Waals surface area contributed by atoms with Gasteiger partial charge < -0.3 is 10.1 Å². The van der Waals surface area contributed by atoms with Crippen LogP contribution in [0.4, 0.5) is 0 Å². The Morgan fingerprint density at radius 1 is 1.06 bits per heavy atom. The number of aromatic nitrogens is 3. The third kappa shape index (κ3) is 4.78. The summed E-state index contributed by atoms with van der Waals surface area (Å²) in [5.41, 5.74) is 2.16. The number of carbonyl (C=O) groups is 1. The topological polar surface area (TPSA) is 86.1 Å². The molecule has 0 saturated carbocycles. The van der Waals surface area contributed by atoms with E-state index in [4.69, 9.17) is 16.3 Å². The predicted octanol–water partition coefficient (Wildman–Crippen LogP) is 3.47. The molecule has 0 unspecified atom stereocenters. The van der Waals surface area contributed by atoms with E-state index < -0.39 is 11.5 Å². The van der Waals surface area contributed by atoms with E-state index in [1.54, 1.807) is 37.6 Å². The zero-order valence-electron chi connectivity index (χ0n) is 17.4. The van der Waals surface area contributed by atoms with Gasteiger partial charge in [-0.2, -0.15) is 0 Å². The molecule has 0 atom stereocenters. The minimum Gasteiger partial charge on any atom is -0.497 e. The Kier molecular flexibility index (Phi) is 6.47. The molecule has 1 amide bonds. The molecule has 162 valence electrons. The maximum absolute atomic E-state index is 13.2. The molecule has 0 fully saturated rings. The Balaban J connectivity index is 1.59. The number of ether oxygens (including phenoxy) is 1. The number of nitrogens with zero attached hydrogens (tertiary/aromatic N) is 3. The molecule has 2 aromatic carbocycles. The van der Waals surface area contributed by atoms with Crippen molar-refractivity contribution in [3.05, 3.63) is 99.1 Å². The first-order valence-electron chi connectivity index (χ1n) is 10.1. The highest BCUT2D eigenvalue weighted by molar-refractivity contribution is 6.30. The van der Waals surface area contributed by atoms with E-state index in [9.17, 15) is 9.59 Å². The van der Waals surface area contributed by atoms with Crippen molar-refractivity contribution < 1.29 is 9.53 Å². The molecule has 4 aromatic rings. The van der Waals surface area contributed by atoms with E-state index >= 15 is 0 Å². The van der Waals surface area contributed by atoms with Gasteiger partial charge in [0.1, 0.15) is 11.3 Å². The lowest BCUT2D eigenvalue weighted by atomic mass is 10.1. The van der Waals surface area contributed by atoms with Crippen LogP contribution in [-0.4, -0.2) is 34.1 Å². The summed E-state index contributed by atoms with van der Waals surface area (Å²) in [5.74, 6) is 0.206. The maximum atomic E-state index is 13.2. The molecule has 0 radical (unpaired) electrons. The van der Waals surface area contributed by atoms with Crippen molar-refractivity contribution in [2.24, 2.45) is 0 Å². The molecule has 0 bridgehead atoms. The molecular weight excluding hydrogens is 428 g/mol. The van der Waals surface area contributed by atoms with Gasteiger partial charge in [-0.1, -0.05) is 35.9 Å². The summed E-state index contributed by atoms with van der Waals surface area (Å²) in [5, 5.41) is 3.45. The first kappa shape index (κ1) is 21.5. The average molecular weight is 449 g/mol. The quantitative estimate of drug-likeness (QED) is 0.468. The van der Waals surface area contributed by atoms with Gasteiger partial charge in [-0.15, -0.1) is 0 Å². The number of nitrogens with one attached hydrogen (secondary N) is 1. The molecule has 0 saturated heterocycles. The van der Waals surface area contributed by atoms with E-state index in [1.807, 2.05) is 36.4 Å². The van der Waals surface area contributed by atoms with Crippen molar-refractivity contribution >= 4 is 28.7 Å². The molecule has 0 aliphatic heterocycles. The number of amides is 1. The molecule has 0 aliphatic rings. The second-order valence-electron chi connectivity index (χ2n) is 7.18. The number of fused-ring (bicyclic) bond motifs is 1. The lowest BCUT2D eigenvalue weighted by molar-refractivity contribution is 0.0947. The molecule has 0 spiro atoms. The number of rotatable bonds is 7. The van der Waals surface area contributed by atoms with Crippen LogP contribution < -0.4 is 15.6 Å². The molecule has 4 rings (SSSR count). The number of carbonyl (C=O) groups excluding carboxylic acids is 1. The van der Waals surface area contributed by atoms with Crippen molar-refractivity contribution in [1.29, 1.82) is 0 Å². The molecule has 32 heavy (non-hydrogen) atoms. The van der Waals surface area contributed by atoms with Crippen LogP contribution in [0.1, 0.15) is 21.6 Å². The Bertz CT molecular complexity index is 1300. The van der Waals surface area contributed by atoms with Crippen LogP contribution in [0.3, 0.4) is 0 Å². The summed E-state index contributed by atoms with van der Waals surface area (Å²) in [7, 11) is 1.59. The highest BCUT2D eigenvalue weighted by atomic mass is 35.5. The van der Waals surface area contributed by atoms with Crippen LogP contribution >= 0.6 is 11.6 Å². The fraction of sp³-hybridized carbons (Fsp3) is 0.167. The lowest BCUT2D eigenvalue weighted by Gasteiger charge is -2.12. The van der Waals surface area contributed by atoms with Gasteiger partial charge in [0, 0.05) is 17.8 Å². The van der Waals surface area contributed by atoms with Crippen LogP contribution in [0, 0.1) is 0 Å².